The molecular weight excluding hydrogens is 422 g/mol. The van der Waals surface area contributed by atoms with Gasteiger partial charge in [-0.3, -0.25) is 9.69 Å². The first-order valence-electron chi connectivity index (χ1n) is 11.4. The van der Waals surface area contributed by atoms with E-state index < -0.39 is 0 Å². The van der Waals surface area contributed by atoms with Crippen molar-refractivity contribution in [2.45, 2.75) is 12.8 Å². The summed E-state index contributed by atoms with van der Waals surface area (Å²) in [6.45, 7) is 6.41. The molecule has 32 heavy (non-hydrogen) atoms. The van der Waals surface area contributed by atoms with Crippen molar-refractivity contribution in [3.63, 3.8) is 0 Å². The Balaban J connectivity index is 1.17. The van der Waals surface area contributed by atoms with Crippen molar-refractivity contribution in [3.05, 3.63) is 42.0 Å². The summed E-state index contributed by atoms with van der Waals surface area (Å²) in [5.41, 5.74) is 2.43. The maximum absolute atomic E-state index is 11.5. The number of ether oxygens (including phenoxy) is 1. The van der Waals surface area contributed by atoms with Crippen molar-refractivity contribution in [2.75, 3.05) is 57.4 Å². The Morgan fingerprint density at radius 1 is 1.12 bits per heavy atom. The number of carbonyl (C=O) groups excluding carboxylic acids is 1. The summed E-state index contributed by atoms with van der Waals surface area (Å²) in [7, 11) is 0. The summed E-state index contributed by atoms with van der Waals surface area (Å²) in [5, 5.41) is 6.23. The van der Waals surface area contributed by atoms with E-state index in [9.17, 15) is 4.79 Å². The second-order valence-corrected chi connectivity index (χ2v) is 9.38. The molecule has 4 heterocycles. The van der Waals surface area contributed by atoms with E-state index in [1.165, 1.54) is 16.5 Å². The number of anilines is 1. The van der Waals surface area contributed by atoms with Crippen LogP contribution in [0.5, 0.6) is 0 Å². The average molecular weight is 452 g/mol. The maximum atomic E-state index is 11.5. The van der Waals surface area contributed by atoms with Crippen LogP contribution in [0.1, 0.15) is 12.8 Å². The van der Waals surface area contributed by atoms with Crippen molar-refractivity contribution in [3.8, 4) is 11.1 Å². The number of amides is 1. The maximum Gasteiger partial charge on any atom is 0.234 e. The molecule has 168 valence electrons. The van der Waals surface area contributed by atoms with Crippen LogP contribution in [0.15, 0.2) is 42.0 Å². The lowest BCUT2D eigenvalue weighted by Gasteiger charge is -2.33. The smallest absolute Gasteiger partial charge is 0.234 e. The quantitative estimate of drug-likeness (QED) is 0.557. The number of nitrogens with zero attached hydrogens (tertiary/aromatic N) is 4. The van der Waals surface area contributed by atoms with Gasteiger partial charge in [0.1, 0.15) is 17.0 Å². The van der Waals surface area contributed by atoms with Gasteiger partial charge in [-0.2, -0.15) is 0 Å². The fourth-order valence-electron chi connectivity index (χ4n) is 4.57. The van der Waals surface area contributed by atoms with Crippen LogP contribution in [-0.2, 0) is 9.53 Å². The molecule has 1 amide bonds. The number of hydrogen-bond donors (Lipinski definition) is 1. The van der Waals surface area contributed by atoms with Crippen LogP contribution in [0, 0.1) is 5.92 Å². The molecule has 2 aromatic heterocycles. The minimum Gasteiger partial charge on any atom is -0.380 e. The van der Waals surface area contributed by atoms with E-state index in [0.717, 1.165) is 62.8 Å². The largest absolute Gasteiger partial charge is 0.380 e. The number of nitrogens with one attached hydrogen (secondary N) is 1. The van der Waals surface area contributed by atoms with Gasteiger partial charge in [0.05, 0.1) is 18.5 Å². The summed E-state index contributed by atoms with van der Waals surface area (Å²) in [6.07, 6.45) is 3.89. The molecule has 0 unspecified atom stereocenters. The van der Waals surface area contributed by atoms with E-state index >= 15 is 0 Å². The number of carbonyl (C=O) groups is 1. The standard InChI is InChI=1S/C24H29N5O2S/c30-21-14-28(11-8-25-21)12-13-31-15-18-6-9-29(10-7-18)23-22-20(19-4-2-1-3-5-19)16-32-24(22)27-17-26-23/h1-5,16-18H,6-15H2,(H,25,30). The predicted molar refractivity (Wildman–Crippen MR) is 128 cm³/mol. The lowest BCUT2D eigenvalue weighted by Crippen LogP contribution is -2.48. The zero-order valence-corrected chi connectivity index (χ0v) is 19.0. The topological polar surface area (TPSA) is 70.6 Å². The second-order valence-electron chi connectivity index (χ2n) is 8.52. The van der Waals surface area contributed by atoms with Gasteiger partial charge in [-0.25, -0.2) is 9.97 Å². The molecule has 0 radical (unpaired) electrons. The van der Waals surface area contributed by atoms with E-state index in [1.54, 1.807) is 17.7 Å². The van der Waals surface area contributed by atoms with Crippen LogP contribution < -0.4 is 10.2 Å². The van der Waals surface area contributed by atoms with Crippen LogP contribution in [0.25, 0.3) is 21.3 Å². The number of piperazine rings is 1. The summed E-state index contributed by atoms with van der Waals surface area (Å²) >= 11 is 1.69. The molecular formula is C24H29N5O2S. The predicted octanol–water partition coefficient (Wildman–Crippen LogP) is 3.02. The fraction of sp³-hybridized carbons (Fsp3) is 0.458. The highest BCUT2D eigenvalue weighted by atomic mass is 32.1. The van der Waals surface area contributed by atoms with E-state index in [1.807, 2.05) is 6.07 Å². The van der Waals surface area contributed by atoms with Crippen molar-refractivity contribution in [1.82, 2.24) is 20.2 Å². The number of fused-ring (bicyclic) bond motifs is 1. The monoisotopic (exact) mass is 451 g/mol. The molecule has 2 aliphatic rings. The summed E-state index contributed by atoms with van der Waals surface area (Å²) in [5.74, 6) is 1.74. The molecule has 0 spiro atoms. The Bertz CT molecular complexity index is 1050. The molecule has 1 N–H and O–H groups in total. The van der Waals surface area contributed by atoms with Crippen LogP contribution in [0.3, 0.4) is 0 Å². The molecule has 2 saturated heterocycles. The normalized spacial score (nSPS) is 18.2. The highest BCUT2D eigenvalue weighted by Gasteiger charge is 2.24. The molecule has 2 aliphatic heterocycles. The van der Waals surface area contributed by atoms with Crippen LogP contribution >= 0.6 is 11.3 Å². The summed E-state index contributed by atoms with van der Waals surface area (Å²) < 4.78 is 5.97. The van der Waals surface area contributed by atoms with Gasteiger partial charge in [0, 0.05) is 50.3 Å². The van der Waals surface area contributed by atoms with E-state index in [4.69, 9.17) is 9.72 Å². The third-order valence-corrected chi connectivity index (χ3v) is 7.26. The van der Waals surface area contributed by atoms with Gasteiger partial charge in [-0.05, 0) is 24.3 Å². The Kier molecular flexibility index (Phi) is 6.61. The van der Waals surface area contributed by atoms with Crippen molar-refractivity contribution < 1.29 is 9.53 Å². The van der Waals surface area contributed by atoms with Crippen LogP contribution in [-0.4, -0.2) is 73.3 Å². The molecule has 1 aromatic carbocycles. The van der Waals surface area contributed by atoms with Gasteiger partial charge in [-0.1, -0.05) is 30.3 Å². The second kappa shape index (κ2) is 9.94. The molecule has 0 saturated carbocycles. The minimum absolute atomic E-state index is 0.114. The zero-order chi connectivity index (χ0) is 21.8. The minimum atomic E-state index is 0.114. The Morgan fingerprint density at radius 3 is 2.78 bits per heavy atom. The lowest BCUT2D eigenvalue weighted by molar-refractivity contribution is -0.124. The van der Waals surface area contributed by atoms with Crippen LogP contribution in [0.2, 0.25) is 0 Å². The van der Waals surface area contributed by atoms with Gasteiger partial charge in [0.15, 0.2) is 0 Å². The number of hydrogen-bond acceptors (Lipinski definition) is 7. The molecule has 2 fully saturated rings. The van der Waals surface area contributed by atoms with E-state index in [0.29, 0.717) is 19.1 Å². The summed E-state index contributed by atoms with van der Waals surface area (Å²) in [4.78, 5) is 26.3. The van der Waals surface area contributed by atoms with Gasteiger partial charge < -0.3 is 15.0 Å². The molecule has 5 rings (SSSR count). The zero-order valence-electron chi connectivity index (χ0n) is 18.2. The highest BCUT2D eigenvalue weighted by molar-refractivity contribution is 7.17. The van der Waals surface area contributed by atoms with Gasteiger partial charge in [0.25, 0.3) is 0 Å². The molecule has 7 nitrogen and oxygen atoms in total. The number of rotatable bonds is 7. The first-order chi connectivity index (χ1) is 15.8. The molecule has 8 heteroatoms. The number of aromatic nitrogens is 2. The Labute approximate surface area is 192 Å². The van der Waals surface area contributed by atoms with Gasteiger partial charge in [0.2, 0.25) is 5.91 Å². The molecule has 0 aliphatic carbocycles. The third kappa shape index (κ3) is 4.77. The van der Waals surface area contributed by atoms with Crippen molar-refractivity contribution in [2.24, 2.45) is 5.92 Å². The Hall–Kier alpha value is -2.55. The average Bonchev–Trinajstić information content (AvgIpc) is 3.27. The molecule has 0 bridgehead atoms. The van der Waals surface area contributed by atoms with Crippen molar-refractivity contribution in [1.29, 1.82) is 0 Å². The number of piperidine rings is 1. The first kappa shape index (κ1) is 21.3. The summed E-state index contributed by atoms with van der Waals surface area (Å²) in [6, 6.07) is 10.5. The van der Waals surface area contributed by atoms with Gasteiger partial charge in [-0.15, -0.1) is 11.3 Å². The van der Waals surface area contributed by atoms with E-state index in [-0.39, 0.29) is 5.91 Å². The Morgan fingerprint density at radius 2 is 1.97 bits per heavy atom. The SMILES string of the molecule is O=C1CN(CCOCC2CCN(c3ncnc4scc(-c5ccccc5)c34)CC2)CCN1. The molecule has 3 aromatic rings. The van der Waals surface area contributed by atoms with E-state index in [2.05, 4.69) is 49.7 Å². The number of thiophene rings is 1. The van der Waals surface area contributed by atoms with Gasteiger partial charge >= 0.3 is 0 Å². The molecule has 0 atom stereocenters. The first-order valence-corrected chi connectivity index (χ1v) is 12.3. The number of benzene rings is 1. The van der Waals surface area contributed by atoms with Crippen molar-refractivity contribution >= 4 is 33.3 Å². The van der Waals surface area contributed by atoms with Crippen LogP contribution in [0.4, 0.5) is 5.82 Å². The third-order valence-electron chi connectivity index (χ3n) is 6.37. The highest BCUT2D eigenvalue weighted by Crippen LogP contribution is 2.38. The lowest BCUT2D eigenvalue weighted by atomic mass is 9.97. The fourth-order valence-corrected chi connectivity index (χ4v) is 5.48.